The standard InChI is InChI=1S/C24H29FN4/c1-16(2)27-21-5-3-4-18(8-11-21)23-22(17-12-14-26-15-13-17)24(29-28-23)19-6-9-20(25)10-7-19/h6-7,9-10,12-16,18,21,27H,3-5,8,11H2,1-2H3,(H,28,29)/t18-,21+/m1/s1. The number of nitrogens with one attached hydrogen (secondary N) is 2. The number of aromatic nitrogens is 3. The highest BCUT2D eigenvalue weighted by atomic mass is 19.1. The third kappa shape index (κ3) is 4.56. The molecular formula is C24H29FN4. The fourth-order valence-electron chi connectivity index (χ4n) is 4.51. The number of aromatic amines is 1. The van der Waals surface area contributed by atoms with Crippen LogP contribution in [0, 0.1) is 5.82 Å². The van der Waals surface area contributed by atoms with Crippen molar-refractivity contribution in [2.45, 2.75) is 64.0 Å². The molecule has 4 rings (SSSR count). The lowest BCUT2D eigenvalue weighted by Crippen LogP contribution is -2.34. The molecule has 0 saturated heterocycles. The lowest BCUT2D eigenvalue weighted by atomic mass is 9.89. The van der Waals surface area contributed by atoms with Gasteiger partial charge in [-0.3, -0.25) is 10.1 Å². The van der Waals surface area contributed by atoms with Crippen LogP contribution in [0.5, 0.6) is 0 Å². The quantitative estimate of drug-likeness (QED) is 0.548. The summed E-state index contributed by atoms with van der Waals surface area (Å²) >= 11 is 0. The van der Waals surface area contributed by atoms with Crippen LogP contribution in [0.4, 0.5) is 4.39 Å². The van der Waals surface area contributed by atoms with Crippen molar-refractivity contribution in [2.24, 2.45) is 0 Å². The molecule has 0 aliphatic heterocycles. The Hall–Kier alpha value is -2.53. The number of rotatable bonds is 5. The maximum atomic E-state index is 13.5. The molecule has 4 nitrogen and oxygen atoms in total. The van der Waals surface area contributed by atoms with Crippen molar-refractivity contribution in [3.05, 3.63) is 60.3 Å². The fourth-order valence-corrected chi connectivity index (χ4v) is 4.51. The second-order valence-corrected chi connectivity index (χ2v) is 8.33. The predicted octanol–water partition coefficient (Wildman–Crippen LogP) is 5.69. The van der Waals surface area contributed by atoms with E-state index in [2.05, 4.69) is 34.3 Å². The van der Waals surface area contributed by atoms with Crippen LogP contribution in [0.25, 0.3) is 22.4 Å². The van der Waals surface area contributed by atoms with Crippen molar-refractivity contribution in [1.29, 1.82) is 0 Å². The Morgan fingerprint density at radius 2 is 1.72 bits per heavy atom. The molecule has 1 saturated carbocycles. The summed E-state index contributed by atoms with van der Waals surface area (Å²) in [6.07, 6.45) is 9.51. The van der Waals surface area contributed by atoms with Gasteiger partial charge in [0, 0.05) is 47.2 Å². The minimum absolute atomic E-state index is 0.234. The van der Waals surface area contributed by atoms with Gasteiger partial charge in [0.2, 0.25) is 0 Å². The Morgan fingerprint density at radius 3 is 2.45 bits per heavy atom. The van der Waals surface area contributed by atoms with Crippen LogP contribution in [0.1, 0.15) is 57.6 Å². The second-order valence-electron chi connectivity index (χ2n) is 8.33. The van der Waals surface area contributed by atoms with Gasteiger partial charge in [-0.05, 0) is 67.6 Å². The van der Waals surface area contributed by atoms with E-state index in [0.29, 0.717) is 18.0 Å². The number of pyridine rings is 1. The maximum Gasteiger partial charge on any atom is 0.123 e. The molecule has 1 aromatic carbocycles. The lowest BCUT2D eigenvalue weighted by Gasteiger charge is -2.19. The monoisotopic (exact) mass is 392 g/mol. The number of hydrogen-bond acceptors (Lipinski definition) is 3. The Morgan fingerprint density at radius 1 is 0.966 bits per heavy atom. The van der Waals surface area contributed by atoms with Crippen molar-refractivity contribution in [2.75, 3.05) is 0 Å². The number of halogens is 1. The molecular weight excluding hydrogens is 363 g/mol. The van der Waals surface area contributed by atoms with E-state index in [1.54, 1.807) is 12.1 Å². The number of nitrogens with zero attached hydrogens (tertiary/aromatic N) is 2. The molecule has 0 bridgehead atoms. The number of H-pyrrole nitrogens is 1. The van der Waals surface area contributed by atoms with E-state index in [9.17, 15) is 4.39 Å². The van der Waals surface area contributed by atoms with Gasteiger partial charge in [0.25, 0.3) is 0 Å². The summed E-state index contributed by atoms with van der Waals surface area (Å²) in [5, 5.41) is 11.7. The van der Waals surface area contributed by atoms with Crippen molar-refractivity contribution < 1.29 is 4.39 Å². The normalized spacial score (nSPS) is 20.0. The van der Waals surface area contributed by atoms with Crippen molar-refractivity contribution in [1.82, 2.24) is 20.5 Å². The van der Waals surface area contributed by atoms with Gasteiger partial charge in [0.15, 0.2) is 0 Å². The van der Waals surface area contributed by atoms with Crippen molar-refractivity contribution in [3.8, 4) is 22.4 Å². The molecule has 5 heteroatoms. The molecule has 2 aromatic heterocycles. The van der Waals surface area contributed by atoms with Crippen LogP contribution in [0.15, 0.2) is 48.8 Å². The topological polar surface area (TPSA) is 53.6 Å². The van der Waals surface area contributed by atoms with Crippen molar-refractivity contribution in [3.63, 3.8) is 0 Å². The highest BCUT2D eigenvalue weighted by Crippen LogP contribution is 2.40. The Kier molecular flexibility index (Phi) is 6.05. The largest absolute Gasteiger partial charge is 0.312 e. The minimum atomic E-state index is -0.234. The van der Waals surface area contributed by atoms with Gasteiger partial charge in [-0.25, -0.2) is 4.39 Å². The highest BCUT2D eigenvalue weighted by molar-refractivity contribution is 5.82. The molecule has 0 radical (unpaired) electrons. The Bertz CT molecular complexity index is 918. The number of benzene rings is 1. The van der Waals surface area contributed by atoms with E-state index in [0.717, 1.165) is 35.2 Å². The molecule has 152 valence electrons. The van der Waals surface area contributed by atoms with Crippen LogP contribution >= 0.6 is 0 Å². The first-order chi connectivity index (χ1) is 14.1. The summed E-state index contributed by atoms with van der Waals surface area (Å²) in [4.78, 5) is 4.18. The van der Waals surface area contributed by atoms with Gasteiger partial charge in [-0.15, -0.1) is 0 Å². The highest BCUT2D eigenvalue weighted by Gasteiger charge is 2.26. The summed E-state index contributed by atoms with van der Waals surface area (Å²) in [6, 6.07) is 11.8. The summed E-state index contributed by atoms with van der Waals surface area (Å²) < 4.78 is 13.5. The minimum Gasteiger partial charge on any atom is -0.312 e. The first-order valence-corrected chi connectivity index (χ1v) is 10.6. The van der Waals surface area contributed by atoms with E-state index in [4.69, 9.17) is 0 Å². The van der Waals surface area contributed by atoms with Gasteiger partial charge in [-0.2, -0.15) is 5.10 Å². The Balaban J connectivity index is 1.69. The van der Waals surface area contributed by atoms with E-state index in [-0.39, 0.29) is 5.82 Å². The van der Waals surface area contributed by atoms with Crippen LogP contribution in [-0.4, -0.2) is 27.3 Å². The number of hydrogen-bond donors (Lipinski definition) is 2. The zero-order chi connectivity index (χ0) is 20.2. The van der Waals surface area contributed by atoms with Gasteiger partial charge in [0.1, 0.15) is 11.5 Å². The molecule has 0 spiro atoms. The first-order valence-electron chi connectivity index (χ1n) is 10.6. The lowest BCUT2D eigenvalue weighted by molar-refractivity contribution is 0.420. The molecule has 2 atom stereocenters. The van der Waals surface area contributed by atoms with Crippen LogP contribution < -0.4 is 5.32 Å². The average Bonchev–Trinajstić information content (AvgIpc) is 3.03. The van der Waals surface area contributed by atoms with E-state index in [1.807, 2.05) is 24.5 Å². The first kappa shape index (κ1) is 19.8. The van der Waals surface area contributed by atoms with E-state index < -0.39 is 0 Å². The van der Waals surface area contributed by atoms with Crippen LogP contribution in [0.3, 0.4) is 0 Å². The molecule has 0 amide bonds. The summed E-state index contributed by atoms with van der Waals surface area (Å²) in [6.45, 7) is 4.43. The molecule has 1 aliphatic carbocycles. The second kappa shape index (κ2) is 8.87. The zero-order valence-corrected chi connectivity index (χ0v) is 17.2. The third-order valence-electron chi connectivity index (χ3n) is 5.83. The molecule has 1 aliphatic rings. The zero-order valence-electron chi connectivity index (χ0n) is 17.2. The van der Waals surface area contributed by atoms with Gasteiger partial charge < -0.3 is 5.32 Å². The molecule has 3 aromatic rings. The van der Waals surface area contributed by atoms with Crippen LogP contribution in [0.2, 0.25) is 0 Å². The molecule has 1 fully saturated rings. The van der Waals surface area contributed by atoms with Crippen molar-refractivity contribution >= 4 is 0 Å². The van der Waals surface area contributed by atoms with Crippen LogP contribution in [-0.2, 0) is 0 Å². The molecule has 2 heterocycles. The Labute approximate surface area is 172 Å². The van der Waals surface area contributed by atoms with Gasteiger partial charge in [-0.1, -0.05) is 20.3 Å². The van der Waals surface area contributed by atoms with E-state index >= 15 is 0 Å². The summed E-state index contributed by atoms with van der Waals surface area (Å²) in [7, 11) is 0. The SMILES string of the molecule is CC(C)N[C@H]1CCC[C@@H](c2[nH]nc(-c3ccc(F)cc3)c2-c2ccncc2)CC1. The predicted molar refractivity (Wildman–Crippen MR) is 115 cm³/mol. The van der Waals surface area contributed by atoms with Gasteiger partial charge in [0.05, 0.1) is 0 Å². The molecule has 0 unspecified atom stereocenters. The molecule has 2 N–H and O–H groups in total. The third-order valence-corrected chi connectivity index (χ3v) is 5.83. The van der Waals surface area contributed by atoms with E-state index in [1.165, 1.54) is 37.1 Å². The smallest absolute Gasteiger partial charge is 0.123 e. The fraction of sp³-hybridized carbons (Fsp3) is 0.417. The molecule has 29 heavy (non-hydrogen) atoms. The van der Waals surface area contributed by atoms with Gasteiger partial charge >= 0.3 is 0 Å². The summed E-state index contributed by atoms with van der Waals surface area (Å²) in [5.41, 5.74) is 5.23. The summed E-state index contributed by atoms with van der Waals surface area (Å²) in [5.74, 6) is 0.209. The average molecular weight is 393 g/mol. The maximum absolute atomic E-state index is 13.5.